The van der Waals surface area contributed by atoms with E-state index in [1.807, 2.05) is 0 Å². The molecule has 1 aliphatic carbocycles. The third-order valence-electron chi connectivity index (χ3n) is 2.91. The molecule has 0 aliphatic heterocycles. The summed E-state index contributed by atoms with van der Waals surface area (Å²) in [4.78, 5) is 0. The van der Waals surface area contributed by atoms with Crippen molar-refractivity contribution in [1.82, 2.24) is 4.72 Å². The molecular weight excluding hydrogens is 212 g/mol. The van der Waals surface area contributed by atoms with E-state index in [9.17, 15) is 8.42 Å². The van der Waals surface area contributed by atoms with Gasteiger partial charge in [0.25, 0.3) is 0 Å². The van der Waals surface area contributed by atoms with Crippen LogP contribution in [0.25, 0.3) is 0 Å². The molecule has 0 spiro atoms. The van der Waals surface area contributed by atoms with Crippen molar-refractivity contribution in [3.05, 3.63) is 0 Å². The minimum Gasteiger partial charge on any atom is -0.329 e. The van der Waals surface area contributed by atoms with Gasteiger partial charge in [0.05, 0.1) is 5.75 Å². The average Bonchev–Trinajstić information content (AvgIpc) is 2.17. The summed E-state index contributed by atoms with van der Waals surface area (Å²) in [6, 6.07) is -0.154. The van der Waals surface area contributed by atoms with E-state index in [4.69, 9.17) is 5.73 Å². The lowest BCUT2D eigenvalue weighted by Gasteiger charge is -2.22. The molecule has 1 fully saturated rings. The van der Waals surface area contributed by atoms with Gasteiger partial charge in [0.2, 0.25) is 10.0 Å². The molecule has 90 valence electrons. The Morgan fingerprint density at radius 3 is 2.47 bits per heavy atom. The molecule has 3 N–H and O–H groups in total. The largest absolute Gasteiger partial charge is 0.329 e. The molecule has 1 saturated carbocycles. The number of nitrogens with one attached hydrogen (secondary N) is 1. The maximum Gasteiger partial charge on any atom is 0.212 e. The second kappa shape index (κ2) is 5.82. The van der Waals surface area contributed by atoms with Gasteiger partial charge in [0, 0.05) is 12.6 Å². The Hall–Kier alpha value is -0.130. The van der Waals surface area contributed by atoms with E-state index in [1.54, 1.807) is 6.92 Å². The van der Waals surface area contributed by atoms with E-state index < -0.39 is 10.0 Å². The summed E-state index contributed by atoms with van der Waals surface area (Å²) in [6.45, 7) is 2.14. The van der Waals surface area contributed by atoms with Crippen LogP contribution in [-0.2, 0) is 10.0 Å². The zero-order chi connectivity index (χ0) is 11.3. The van der Waals surface area contributed by atoms with Gasteiger partial charge >= 0.3 is 0 Å². The number of nitrogens with two attached hydrogens (primary N) is 1. The van der Waals surface area contributed by atoms with Crippen LogP contribution >= 0.6 is 0 Å². The van der Waals surface area contributed by atoms with Gasteiger partial charge in [0.1, 0.15) is 0 Å². The lowest BCUT2D eigenvalue weighted by atomic mass is 9.91. The van der Waals surface area contributed by atoms with E-state index in [0.29, 0.717) is 12.5 Å². The van der Waals surface area contributed by atoms with Crippen LogP contribution in [0.1, 0.15) is 39.0 Å². The quantitative estimate of drug-likeness (QED) is 0.740. The van der Waals surface area contributed by atoms with Crippen molar-refractivity contribution in [2.45, 2.75) is 45.1 Å². The maximum absolute atomic E-state index is 11.7. The van der Waals surface area contributed by atoms with Crippen LogP contribution in [0.5, 0.6) is 0 Å². The Bertz CT molecular complexity index is 271. The monoisotopic (exact) mass is 234 g/mol. The standard InChI is InChI=1S/C10H22N2O2S/c1-9(7-11)12-15(13,14)8-10-5-3-2-4-6-10/h9-10,12H,2-8,11H2,1H3/t9-/m1/s1. The van der Waals surface area contributed by atoms with Crippen LogP contribution in [-0.4, -0.2) is 26.8 Å². The molecule has 1 aliphatic rings. The minimum atomic E-state index is -3.12. The fraction of sp³-hybridized carbons (Fsp3) is 1.00. The van der Waals surface area contributed by atoms with Crippen LogP contribution in [0.2, 0.25) is 0 Å². The zero-order valence-corrected chi connectivity index (χ0v) is 10.2. The smallest absolute Gasteiger partial charge is 0.212 e. The maximum atomic E-state index is 11.7. The fourth-order valence-electron chi connectivity index (χ4n) is 2.07. The molecular formula is C10H22N2O2S. The van der Waals surface area contributed by atoms with Gasteiger partial charge < -0.3 is 5.73 Å². The van der Waals surface area contributed by atoms with Crippen LogP contribution in [0.4, 0.5) is 0 Å². The van der Waals surface area contributed by atoms with Crippen molar-refractivity contribution in [2.24, 2.45) is 11.7 Å². The van der Waals surface area contributed by atoms with Gasteiger partial charge in [0.15, 0.2) is 0 Å². The summed E-state index contributed by atoms with van der Waals surface area (Å²) >= 11 is 0. The Morgan fingerprint density at radius 2 is 1.93 bits per heavy atom. The number of sulfonamides is 1. The van der Waals surface area contributed by atoms with Crippen molar-refractivity contribution < 1.29 is 8.42 Å². The Labute approximate surface area is 92.7 Å². The highest BCUT2D eigenvalue weighted by Gasteiger charge is 2.22. The van der Waals surface area contributed by atoms with Crippen molar-refractivity contribution in [3.8, 4) is 0 Å². The second-order valence-electron chi connectivity index (χ2n) is 4.54. The Kier molecular flexibility index (Phi) is 5.02. The van der Waals surface area contributed by atoms with E-state index in [2.05, 4.69) is 4.72 Å². The lowest BCUT2D eigenvalue weighted by Crippen LogP contribution is -2.40. The topological polar surface area (TPSA) is 72.2 Å². The molecule has 15 heavy (non-hydrogen) atoms. The zero-order valence-electron chi connectivity index (χ0n) is 9.41. The first-order chi connectivity index (χ1) is 7.03. The number of rotatable bonds is 5. The summed E-state index contributed by atoms with van der Waals surface area (Å²) in [5.41, 5.74) is 5.39. The summed E-state index contributed by atoms with van der Waals surface area (Å²) in [5.74, 6) is 0.623. The third kappa shape index (κ3) is 4.95. The molecule has 0 saturated heterocycles. The molecule has 0 heterocycles. The lowest BCUT2D eigenvalue weighted by molar-refractivity contribution is 0.383. The van der Waals surface area contributed by atoms with Crippen molar-refractivity contribution >= 4 is 10.0 Å². The second-order valence-corrected chi connectivity index (χ2v) is 6.34. The van der Waals surface area contributed by atoms with Gasteiger partial charge in [-0.1, -0.05) is 19.3 Å². The van der Waals surface area contributed by atoms with Gasteiger partial charge in [-0.3, -0.25) is 0 Å². The first kappa shape index (κ1) is 12.9. The highest BCUT2D eigenvalue weighted by molar-refractivity contribution is 7.89. The predicted octanol–water partition coefficient (Wildman–Crippen LogP) is 0.833. The van der Waals surface area contributed by atoms with Gasteiger partial charge in [-0.15, -0.1) is 0 Å². The van der Waals surface area contributed by atoms with Crippen LogP contribution in [0.15, 0.2) is 0 Å². The summed E-state index contributed by atoms with van der Waals surface area (Å²) in [7, 11) is -3.12. The molecule has 1 atom stereocenters. The molecule has 0 aromatic carbocycles. The molecule has 0 aromatic rings. The number of hydrogen-bond acceptors (Lipinski definition) is 3. The molecule has 1 rings (SSSR count). The van der Waals surface area contributed by atoms with Crippen LogP contribution < -0.4 is 10.5 Å². The molecule has 5 heteroatoms. The van der Waals surface area contributed by atoms with E-state index in [0.717, 1.165) is 12.8 Å². The van der Waals surface area contributed by atoms with Gasteiger partial charge in [-0.2, -0.15) is 0 Å². The molecule has 0 radical (unpaired) electrons. The van der Waals surface area contributed by atoms with Gasteiger partial charge in [-0.25, -0.2) is 13.1 Å². The summed E-state index contributed by atoms with van der Waals surface area (Å²) < 4.78 is 26.0. The molecule has 4 nitrogen and oxygen atoms in total. The van der Waals surface area contributed by atoms with Crippen molar-refractivity contribution in [2.75, 3.05) is 12.3 Å². The molecule has 0 unspecified atom stereocenters. The molecule has 0 amide bonds. The van der Waals surface area contributed by atoms with Crippen molar-refractivity contribution in [3.63, 3.8) is 0 Å². The first-order valence-corrected chi connectivity index (χ1v) is 7.39. The molecule has 0 aromatic heterocycles. The highest BCUT2D eigenvalue weighted by Crippen LogP contribution is 2.24. The highest BCUT2D eigenvalue weighted by atomic mass is 32.2. The number of hydrogen-bond donors (Lipinski definition) is 2. The minimum absolute atomic E-state index is 0.154. The van der Waals surface area contributed by atoms with Gasteiger partial charge in [-0.05, 0) is 25.7 Å². The Balaban J connectivity index is 2.40. The SMILES string of the molecule is C[C@H](CN)NS(=O)(=O)CC1CCCCC1. The normalized spacial score (nSPS) is 21.5. The molecule has 0 bridgehead atoms. The summed E-state index contributed by atoms with van der Waals surface area (Å²) in [5, 5.41) is 0. The Morgan fingerprint density at radius 1 is 1.33 bits per heavy atom. The summed E-state index contributed by atoms with van der Waals surface area (Å²) in [6.07, 6.45) is 5.71. The van der Waals surface area contributed by atoms with E-state index in [-0.39, 0.29) is 11.8 Å². The van der Waals surface area contributed by atoms with Crippen LogP contribution in [0.3, 0.4) is 0 Å². The first-order valence-electron chi connectivity index (χ1n) is 5.73. The fourth-order valence-corrected chi connectivity index (χ4v) is 3.83. The average molecular weight is 234 g/mol. The van der Waals surface area contributed by atoms with Crippen LogP contribution in [0, 0.1) is 5.92 Å². The third-order valence-corrected chi connectivity index (χ3v) is 4.59. The van der Waals surface area contributed by atoms with E-state index >= 15 is 0 Å². The predicted molar refractivity (Wildman–Crippen MR) is 62.0 cm³/mol. The van der Waals surface area contributed by atoms with Crippen molar-refractivity contribution in [1.29, 1.82) is 0 Å². The van der Waals surface area contributed by atoms with E-state index in [1.165, 1.54) is 19.3 Å².